The van der Waals surface area contributed by atoms with Crippen LogP contribution < -0.4 is 0 Å². The van der Waals surface area contributed by atoms with Gasteiger partial charge in [-0.05, 0) is 0 Å². The van der Waals surface area contributed by atoms with E-state index >= 15 is 0 Å². The van der Waals surface area contributed by atoms with Gasteiger partial charge in [0, 0.05) is 11.1 Å². The minimum atomic E-state index is -0.468. The average Bonchev–Trinajstić information content (AvgIpc) is 2.56. The Morgan fingerprint density at radius 1 is 0.522 bits per heavy atom. The van der Waals surface area contributed by atoms with Crippen molar-refractivity contribution < 1.29 is 19.2 Å². The van der Waals surface area contributed by atoms with E-state index in [0.29, 0.717) is 11.1 Å². The van der Waals surface area contributed by atoms with Crippen LogP contribution in [0.5, 0.6) is 0 Å². The first kappa shape index (κ1) is 16.5. The van der Waals surface area contributed by atoms with Crippen molar-refractivity contribution in [3.05, 3.63) is 71.8 Å². The highest BCUT2D eigenvalue weighted by Crippen LogP contribution is 2.08. The summed E-state index contributed by atoms with van der Waals surface area (Å²) >= 11 is 0. The van der Waals surface area contributed by atoms with Crippen molar-refractivity contribution in [1.29, 1.82) is 0 Å². The van der Waals surface area contributed by atoms with Gasteiger partial charge in [0.1, 0.15) is 11.6 Å². The largest absolute Gasteiger partial charge is 0.299 e. The zero-order valence-electron chi connectivity index (χ0n) is 12.5. The molecule has 0 unspecified atom stereocenters. The number of benzene rings is 2. The molecule has 0 aliphatic carbocycles. The molecule has 23 heavy (non-hydrogen) atoms. The van der Waals surface area contributed by atoms with Crippen LogP contribution in [-0.4, -0.2) is 23.1 Å². The van der Waals surface area contributed by atoms with Gasteiger partial charge in [-0.15, -0.1) is 0 Å². The van der Waals surface area contributed by atoms with E-state index in [1.54, 1.807) is 60.7 Å². The van der Waals surface area contributed by atoms with E-state index in [9.17, 15) is 19.2 Å². The number of carbonyl (C=O) groups is 4. The van der Waals surface area contributed by atoms with E-state index in [4.69, 9.17) is 0 Å². The Morgan fingerprint density at radius 2 is 0.870 bits per heavy atom. The number of rotatable bonds is 8. The van der Waals surface area contributed by atoms with Gasteiger partial charge in [-0.2, -0.15) is 0 Å². The lowest BCUT2D eigenvalue weighted by Crippen LogP contribution is -2.15. The third-order valence-corrected chi connectivity index (χ3v) is 3.30. The van der Waals surface area contributed by atoms with E-state index in [2.05, 4.69) is 0 Å². The van der Waals surface area contributed by atoms with Crippen LogP contribution in [-0.2, 0) is 9.59 Å². The Morgan fingerprint density at radius 3 is 1.22 bits per heavy atom. The highest BCUT2D eigenvalue weighted by molar-refractivity contribution is 6.16. The quantitative estimate of drug-likeness (QED) is 0.555. The van der Waals surface area contributed by atoms with Crippen molar-refractivity contribution >= 4 is 23.1 Å². The molecule has 0 aliphatic rings. The molecule has 4 heteroatoms. The third-order valence-electron chi connectivity index (χ3n) is 3.30. The molecule has 2 aromatic rings. The third kappa shape index (κ3) is 5.11. The second-order valence-corrected chi connectivity index (χ2v) is 5.19. The molecular formula is C19H16O4. The predicted octanol–water partition coefficient (Wildman–Crippen LogP) is 3.06. The molecule has 0 saturated heterocycles. The van der Waals surface area contributed by atoms with Gasteiger partial charge in [0.05, 0.1) is 19.3 Å². The van der Waals surface area contributed by atoms with Gasteiger partial charge in [-0.3, -0.25) is 19.2 Å². The van der Waals surface area contributed by atoms with Crippen molar-refractivity contribution in [2.45, 2.75) is 19.3 Å². The summed E-state index contributed by atoms with van der Waals surface area (Å²) in [5, 5.41) is 0. The van der Waals surface area contributed by atoms with E-state index in [1.165, 1.54) is 0 Å². The predicted molar refractivity (Wildman–Crippen MR) is 85.4 cm³/mol. The fourth-order valence-electron chi connectivity index (χ4n) is 2.16. The smallest absolute Gasteiger partial charge is 0.170 e. The molecule has 0 spiro atoms. The van der Waals surface area contributed by atoms with Gasteiger partial charge in [0.25, 0.3) is 0 Å². The number of hydrogen-bond acceptors (Lipinski definition) is 4. The maximum absolute atomic E-state index is 11.9. The highest BCUT2D eigenvalue weighted by Gasteiger charge is 2.17. The van der Waals surface area contributed by atoms with Crippen molar-refractivity contribution in [3.8, 4) is 0 Å². The number of Topliss-reactive ketones (excluding diaryl/α,β-unsaturated/α-hetero) is 4. The van der Waals surface area contributed by atoms with Crippen LogP contribution in [0.15, 0.2) is 60.7 Å². The van der Waals surface area contributed by atoms with E-state index in [-0.39, 0.29) is 24.4 Å². The summed E-state index contributed by atoms with van der Waals surface area (Å²) in [6.07, 6.45) is -1.04. The molecule has 116 valence electrons. The summed E-state index contributed by atoms with van der Waals surface area (Å²) < 4.78 is 0. The highest BCUT2D eigenvalue weighted by atomic mass is 16.2. The second kappa shape index (κ2) is 7.94. The molecule has 0 aliphatic heterocycles. The Bertz CT molecular complexity index is 654. The van der Waals surface area contributed by atoms with E-state index in [1.807, 2.05) is 0 Å². The molecule has 0 radical (unpaired) electrons. The molecule has 0 heterocycles. The molecule has 0 aromatic heterocycles. The Hall–Kier alpha value is -2.88. The second-order valence-electron chi connectivity index (χ2n) is 5.19. The standard InChI is InChI=1S/C19H16O4/c20-16(12-18(22)14-7-3-1-4-8-14)11-17(21)13-19(23)15-9-5-2-6-10-15/h1-10H,11-13H2. The van der Waals surface area contributed by atoms with Gasteiger partial charge < -0.3 is 0 Å². The number of ketones is 4. The van der Waals surface area contributed by atoms with Crippen LogP contribution in [0, 0.1) is 0 Å². The van der Waals surface area contributed by atoms with Gasteiger partial charge in [0.2, 0.25) is 0 Å². The monoisotopic (exact) mass is 308 g/mol. The van der Waals surface area contributed by atoms with Crippen LogP contribution in [0.1, 0.15) is 40.0 Å². The first-order chi connectivity index (χ1) is 11.1. The first-order valence-corrected chi connectivity index (χ1v) is 7.26. The lowest BCUT2D eigenvalue weighted by Gasteiger charge is -2.02. The van der Waals surface area contributed by atoms with Gasteiger partial charge >= 0.3 is 0 Å². The average molecular weight is 308 g/mol. The number of carbonyl (C=O) groups excluding carboxylic acids is 4. The SMILES string of the molecule is O=C(CC(=O)CC(=O)c1ccccc1)CC(=O)c1ccccc1. The summed E-state index contributed by atoms with van der Waals surface area (Å²) in [4.78, 5) is 47.4. The van der Waals surface area contributed by atoms with Crippen molar-refractivity contribution in [1.82, 2.24) is 0 Å². The van der Waals surface area contributed by atoms with Crippen molar-refractivity contribution in [2.75, 3.05) is 0 Å². The maximum atomic E-state index is 11.9. The molecular weight excluding hydrogens is 292 g/mol. The Kier molecular flexibility index (Phi) is 5.69. The molecule has 4 nitrogen and oxygen atoms in total. The summed E-state index contributed by atoms with van der Waals surface area (Å²) in [6.45, 7) is 0. The van der Waals surface area contributed by atoms with Crippen molar-refractivity contribution in [3.63, 3.8) is 0 Å². The van der Waals surface area contributed by atoms with Crippen LogP contribution in [0.3, 0.4) is 0 Å². The Balaban J connectivity index is 1.84. The minimum absolute atomic E-state index is 0.321. The van der Waals surface area contributed by atoms with E-state index < -0.39 is 18.0 Å². The molecule has 0 atom stereocenters. The summed E-state index contributed by atoms with van der Waals surface area (Å²) in [6, 6.07) is 16.9. The normalized spacial score (nSPS) is 10.1. The lowest BCUT2D eigenvalue weighted by molar-refractivity contribution is -0.125. The zero-order chi connectivity index (χ0) is 16.7. The molecule has 0 amide bonds. The number of hydrogen-bond donors (Lipinski definition) is 0. The van der Waals surface area contributed by atoms with Crippen LogP contribution in [0.4, 0.5) is 0 Å². The molecule has 2 rings (SSSR count). The summed E-state index contributed by atoms with van der Waals surface area (Å²) in [5.41, 5.74) is 0.877. The van der Waals surface area contributed by atoms with Crippen LogP contribution in [0.25, 0.3) is 0 Å². The minimum Gasteiger partial charge on any atom is -0.299 e. The molecule has 0 fully saturated rings. The molecule has 0 N–H and O–H groups in total. The molecule has 0 bridgehead atoms. The van der Waals surface area contributed by atoms with Gasteiger partial charge in [-0.25, -0.2) is 0 Å². The summed E-state index contributed by atoms with van der Waals surface area (Å²) in [5.74, 6) is -1.58. The summed E-state index contributed by atoms with van der Waals surface area (Å²) in [7, 11) is 0. The van der Waals surface area contributed by atoms with Crippen molar-refractivity contribution in [2.24, 2.45) is 0 Å². The zero-order valence-corrected chi connectivity index (χ0v) is 12.5. The fourth-order valence-corrected chi connectivity index (χ4v) is 2.16. The fraction of sp³-hybridized carbons (Fsp3) is 0.158. The van der Waals surface area contributed by atoms with Gasteiger partial charge in [0.15, 0.2) is 11.6 Å². The van der Waals surface area contributed by atoms with Gasteiger partial charge in [-0.1, -0.05) is 60.7 Å². The maximum Gasteiger partial charge on any atom is 0.170 e. The molecule has 2 aromatic carbocycles. The van der Waals surface area contributed by atoms with E-state index in [0.717, 1.165) is 0 Å². The van der Waals surface area contributed by atoms with Crippen LogP contribution >= 0.6 is 0 Å². The topological polar surface area (TPSA) is 68.3 Å². The molecule has 0 saturated carbocycles. The Labute approximate surface area is 134 Å². The lowest BCUT2D eigenvalue weighted by atomic mass is 10.00. The first-order valence-electron chi connectivity index (χ1n) is 7.26. The van der Waals surface area contributed by atoms with Crippen LogP contribution in [0.2, 0.25) is 0 Å².